The maximum absolute atomic E-state index is 11.0. The molecule has 0 bridgehead atoms. The van der Waals surface area contributed by atoms with Gasteiger partial charge >= 0.3 is 0 Å². The van der Waals surface area contributed by atoms with Crippen LogP contribution in [0, 0.1) is 10.1 Å². The van der Waals surface area contributed by atoms with Crippen LogP contribution in [0.25, 0.3) is 11.5 Å². The first kappa shape index (κ1) is 23.5. The number of nitro groups is 1. The molecule has 0 radical (unpaired) electrons. The van der Waals surface area contributed by atoms with Gasteiger partial charge in [-0.05, 0) is 60.2 Å². The van der Waals surface area contributed by atoms with Crippen molar-refractivity contribution in [1.82, 2.24) is 10.2 Å². The Morgan fingerprint density at radius 2 is 1.91 bits per heavy atom. The van der Waals surface area contributed by atoms with E-state index in [9.17, 15) is 10.1 Å². The fraction of sp³-hybridized carbons (Fsp3) is 0.0870. The van der Waals surface area contributed by atoms with Gasteiger partial charge in [0.1, 0.15) is 5.75 Å². The number of methoxy groups -OCH3 is 1. The van der Waals surface area contributed by atoms with Crippen molar-refractivity contribution >= 4 is 44.8 Å². The third kappa shape index (κ3) is 6.00. The van der Waals surface area contributed by atoms with Crippen LogP contribution in [0.4, 0.5) is 11.4 Å². The molecule has 1 N–H and O–H groups in total. The number of hydrazone groups is 1. The number of nitrogens with one attached hydrogen (secondary N) is 1. The molecule has 1 aromatic heterocycles. The summed E-state index contributed by atoms with van der Waals surface area (Å²) in [5.74, 6) is 1.54. The lowest BCUT2D eigenvalue weighted by Gasteiger charge is -2.08. The second-order valence-corrected chi connectivity index (χ2v) is 8.72. The summed E-state index contributed by atoms with van der Waals surface area (Å²) in [6.07, 6.45) is 0. The molecule has 0 fully saturated rings. The van der Waals surface area contributed by atoms with E-state index in [-0.39, 0.29) is 5.69 Å². The normalized spacial score (nSPS) is 11.3. The van der Waals surface area contributed by atoms with Gasteiger partial charge < -0.3 is 9.15 Å². The quantitative estimate of drug-likeness (QED) is 0.119. The van der Waals surface area contributed by atoms with Gasteiger partial charge in [0.25, 0.3) is 10.9 Å². The van der Waals surface area contributed by atoms with Crippen molar-refractivity contribution in [3.63, 3.8) is 0 Å². The number of rotatable bonds is 9. The second kappa shape index (κ2) is 10.9. The van der Waals surface area contributed by atoms with E-state index in [4.69, 9.17) is 9.15 Å². The topological polar surface area (TPSA) is 116 Å². The first-order valence-corrected chi connectivity index (χ1v) is 11.7. The molecule has 3 aromatic carbocycles. The van der Waals surface area contributed by atoms with Gasteiger partial charge in [0.2, 0.25) is 5.89 Å². The van der Waals surface area contributed by atoms with Crippen LogP contribution >= 0.6 is 27.7 Å². The highest BCUT2D eigenvalue weighted by Gasteiger charge is 2.13. The maximum Gasteiger partial charge on any atom is 0.277 e. The van der Waals surface area contributed by atoms with Crippen LogP contribution < -0.4 is 10.2 Å². The van der Waals surface area contributed by atoms with Crippen molar-refractivity contribution in [2.45, 2.75) is 5.22 Å². The number of ether oxygens (including phenoxy) is 1. The second-order valence-electron chi connectivity index (χ2n) is 6.87. The number of hydrogen-bond donors (Lipinski definition) is 1. The largest absolute Gasteiger partial charge is 0.497 e. The zero-order valence-electron chi connectivity index (χ0n) is 17.8. The highest BCUT2D eigenvalue weighted by Crippen LogP contribution is 2.26. The summed E-state index contributed by atoms with van der Waals surface area (Å²) in [5.41, 5.74) is 5.97. The van der Waals surface area contributed by atoms with Crippen LogP contribution in [-0.4, -0.2) is 33.7 Å². The number of anilines is 1. The molecule has 4 aromatic rings. The van der Waals surface area contributed by atoms with Crippen LogP contribution in [0.15, 0.2) is 92.0 Å². The average Bonchev–Trinajstić information content (AvgIpc) is 3.34. The predicted octanol–water partition coefficient (Wildman–Crippen LogP) is 6.02. The van der Waals surface area contributed by atoms with Gasteiger partial charge in [0.05, 0.1) is 23.4 Å². The molecule has 34 heavy (non-hydrogen) atoms. The van der Waals surface area contributed by atoms with E-state index in [0.717, 1.165) is 27.0 Å². The minimum atomic E-state index is -0.438. The van der Waals surface area contributed by atoms with Crippen molar-refractivity contribution in [2.75, 3.05) is 18.3 Å². The summed E-state index contributed by atoms with van der Waals surface area (Å²) in [5, 5.41) is 24.2. The number of halogens is 1. The van der Waals surface area contributed by atoms with Gasteiger partial charge in [-0.1, -0.05) is 33.8 Å². The number of nitrogens with zero attached hydrogens (tertiary/aromatic N) is 4. The smallest absolute Gasteiger partial charge is 0.277 e. The number of aromatic nitrogens is 2. The van der Waals surface area contributed by atoms with Crippen LogP contribution in [0.5, 0.6) is 5.75 Å². The zero-order valence-corrected chi connectivity index (χ0v) is 20.2. The summed E-state index contributed by atoms with van der Waals surface area (Å²) < 4.78 is 11.9. The van der Waals surface area contributed by atoms with Crippen LogP contribution in [0.3, 0.4) is 0 Å². The first-order chi connectivity index (χ1) is 16.5. The molecule has 0 amide bonds. The molecule has 0 unspecified atom stereocenters. The molecule has 0 aliphatic carbocycles. The van der Waals surface area contributed by atoms with Crippen LogP contribution in [0.2, 0.25) is 0 Å². The molecular weight excluding hydrogens is 522 g/mol. The SMILES string of the molecule is COc1ccc(NN=C(CSc2nnc(-c3cccc(Br)c3)o2)c2ccc([N+](=O)[O-])cc2)cc1. The van der Waals surface area contributed by atoms with Gasteiger partial charge in [-0.15, -0.1) is 10.2 Å². The number of benzene rings is 3. The Kier molecular flexibility index (Phi) is 7.55. The summed E-state index contributed by atoms with van der Waals surface area (Å²) in [6.45, 7) is 0. The molecule has 0 aliphatic heterocycles. The lowest BCUT2D eigenvalue weighted by molar-refractivity contribution is -0.384. The summed E-state index contributed by atoms with van der Waals surface area (Å²) in [6, 6.07) is 21.1. The van der Waals surface area contributed by atoms with E-state index < -0.39 is 4.92 Å². The summed E-state index contributed by atoms with van der Waals surface area (Å²) >= 11 is 4.75. The van der Waals surface area contributed by atoms with Crippen LogP contribution in [0.1, 0.15) is 5.56 Å². The van der Waals surface area contributed by atoms with E-state index in [1.807, 2.05) is 48.5 Å². The van der Waals surface area contributed by atoms with Crippen LogP contribution in [-0.2, 0) is 0 Å². The van der Waals surface area contributed by atoms with Crippen molar-refractivity contribution in [2.24, 2.45) is 5.10 Å². The fourth-order valence-corrected chi connectivity index (χ4v) is 4.02. The van der Waals surface area contributed by atoms with E-state index in [1.165, 1.54) is 23.9 Å². The maximum atomic E-state index is 11.0. The minimum absolute atomic E-state index is 0.00873. The van der Waals surface area contributed by atoms with E-state index >= 15 is 0 Å². The summed E-state index contributed by atoms with van der Waals surface area (Å²) in [7, 11) is 1.60. The van der Waals surface area contributed by atoms with Gasteiger partial charge in [0.15, 0.2) is 0 Å². The van der Waals surface area contributed by atoms with Crippen molar-refractivity contribution in [3.05, 3.63) is 92.9 Å². The molecular formula is C23H18BrN5O4S. The Balaban J connectivity index is 1.53. The van der Waals surface area contributed by atoms with Crippen molar-refractivity contribution in [3.8, 4) is 17.2 Å². The molecule has 172 valence electrons. The highest BCUT2D eigenvalue weighted by molar-refractivity contribution is 9.10. The molecule has 0 atom stereocenters. The van der Waals surface area contributed by atoms with Crippen molar-refractivity contribution in [1.29, 1.82) is 0 Å². The number of hydrogen-bond acceptors (Lipinski definition) is 9. The van der Waals surface area contributed by atoms with Crippen molar-refractivity contribution < 1.29 is 14.1 Å². The van der Waals surface area contributed by atoms with Gasteiger partial charge in [-0.3, -0.25) is 15.5 Å². The molecule has 0 spiro atoms. The number of thioether (sulfide) groups is 1. The zero-order chi connectivity index (χ0) is 23.9. The molecule has 0 saturated carbocycles. The lowest BCUT2D eigenvalue weighted by atomic mass is 10.1. The molecule has 9 nitrogen and oxygen atoms in total. The third-order valence-corrected chi connectivity index (χ3v) is 5.95. The third-order valence-electron chi connectivity index (χ3n) is 4.63. The predicted molar refractivity (Wildman–Crippen MR) is 134 cm³/mol. The molecule has 0 saturated heterocycles. The Morgan fingerprint density at radius 3 is 2.59 bits per heavy atom. The molecule has 11 heteroatoms. The Hall–Kier alpha value is -3.70. The Labute approximate surface area is 207 Å². The molecule has 1 heterocycles. The number of nitro benzene ring substituents is 1. The Bertz CT molecular complexity index is 1310. The van der Waals surface area contributed by atoms with Gasteiger partial charge in [-0.2, -0.15) is 5.10 Å². The van der Waals surface area contributed by atoms with E-state index in [1.54, 1.807) is 19.2 Å². The average molecular weight is 540 g/mol. The highest BCUT2D eigenvalue weighted by atomic mass is 79.9. The molecule has 4 rings (SSSR count). The van der Waals surface area contributed by atoms with E-state index in [2.05, 4.69) is 36.7 Å². The standard InChI is InChI=1S/C23H18BrN5O4S/c1-32-20-11-7-18(8-12-20)25-26-21(15-5-9-19(10-6-15)29(30)31)14-34-23-28-27-22(33-23)16-3-2-4-17(24)13-16/h2-13,25H,14H2,1H3. The van der Waals surface area contributed by atoms with E-state index in [0.29, 0.717) is 22.6 Å². The first-order valence-electron chi connectivity index (χ1n) is 9.95. The van der Waals surface area contributed by atoms with Gasteiger partial charge in [0, 0.05) is 27.9 Å². The van der Waals surface area contributed by atoms with Gasteiger partial charge in [-0.25, -0.2) is 0 Å². The monoisotopic (exact) mass is 539 g/mol. The Morgan fingerprint density at radius 1 is 1.15 bits per heavy atom. The molecule has 0 aliphatic rings. The minimum Gasteiger partial charge on any atom is -0.497 e. The fourth-order valence-electron chi connectivity index (χ4n) is 2.89. The lowest BCUT2D eigenvalue weighted by Crippen LogP contribution is -2.08. The number of non-ortho nitro benzene ring substituents is 1. The summed E-state index contributed by atoms with van der Waals surface area (Å²) in [4.78, 5) is 10.6.